The van der Waals surface area contributed by atoms with Crippen LogP contribution in [0.15, 0.2) is 6.20 Å². The molecule has 0 aliphatic rings. The first-order valence-electron chi connectivity index (χ1n) is 4.01. The van der Waals surface area contributed by atoms with Crippen LogP contribution in [0.25, 0.3) is 0 Å². The molecule has 0 aromatic carbocycles. The van der Waals surface area contributed by atoms with E-state index in [9.17, 15) is 9.59 Å². The molecule has 1 aromatic rings. The normalized spacial score (nSPS) is 8.69. The van der Waals surface area contributed by atoms with Crippen molar-refractivity contribution in [2.45, 2.75) is 0 Å². The van der Waals surface area contributed by atoms with Gasteiger partial charge in [0.05, 0.1) is 6.20 Å². The molecule has 0 unspecified atom stereocenters. The van der Waals surface area contributed by atoms with E-state index in [2.05, 4.69) is 9.97 Å². The standard InChI is InChI=1S/C5H4IN3O2.C3H7NO/c6-2-1-8-4(7)3(9-2)5(10)11;1-4(2)3-5/h1H,(H2,7,8)(H,10,11);3H,1-2H3. The number of hydrogen-bond acceptors (Lipinski definition) is 5. The molecule has 1 aromatic heterocycles. The van der Waals surface area contributed by atoms with Crippen LogP contribution in [0.3, 0.4) is 0 Å². The third kappa shape index (κ3) is 5.44. The van der Waals surface area contributed by atoms with Crippen molar-refractivity contribution in [2.24, 2.45) is 0 Å². The zero-order valence-electron chi connectivity index (χ0n) is 8.72. The summed E-state index contributed by atoms with van der Waals surface area (Å²) in [5, 5.41) is 8.50. The number of anilines is 1. The average Bonchev–Trinajstić information content (AvgIpc) is 2.22. The lowest BCUT2D eigenvalue weighted by Crippen LogP contribution is -2.08. The zero-order valence-corrected chi connectivity index (χ0v) is 10.9. The Kier molecular flexibility index (Phi) is 6.30. The summed E-state index contributed by atoms with van der Waals surface area (Å²) >= 11 is 1.86. The van der Waals surface area contributed by atoms with E-state index in [0.29, 0.717) is 3.70 Å². The summed E-state index contributed by atoms with van der Waals surface area (Å²) in [7, 11) is 3.38. The number of nitrogen functional groups attached to an aromatic ring is 1. The van der Waals surface area contributed by atoms with Crippen molar-refractivity contribution < 1.29 is 14.7 Å². The molecule has 16 heavy (non-hydrogen) atoms. The quantitative estimate of drug-likeness (QED) is 0.583. The Hall–Kier alpha value is -1.45. The molecule has 0 aliphatic carbocycles. The van der Waals surface area contributed by atoms with Gasteiger partial charge in [-0.1, -0.05) is 0 Å². The van der Waals surface area contributed by atoms with Gasteiger partial charge in [0.2, 0.25) is 6.41 Å². The molecule has 88 valence electrons. The molecule has 0 aliphatic heterocycles. The Morgan fingerprint density at radius 2 is 2.12 bits per heavy atom. The summed E-state index contributed by atoms with van der Waals surface area (Å²) in [6.07, 6.45) is 2.16. The van der Waals surface area contributed by atoms with E-state index in [1.165, 1.54) is 11.1 Å². The van der Waals surface area contributed by atoms with Gasteiger partial charge in [-0.2, -0.15) is 0 Å². The highest BCUT2D eigenvalue weighted by Crippen LogP contribution is 2.06. The van der Waals surface area contributed by atoms with Crippen molar-refractivity contribution in [3.63, 3.8) is 0 Å². The van der Waals surface area contributed by atoms with Crippen LogP contribution in [0, 0.1) is 3.70 Å². The molecular weight excluding hydrogens is 327 g/mol. The second-order valence-corrected chi connectivity index (χ2v) is 3.91. The van der Waals surface area contributed by atoms with E-state index in [-0.39, 0.29) is 11.5 Å². The summed E-state index contributed by atoms with van der Waals surface area (Å²) in [5.41, 5.74) is 5.04. The van der Waals surface area contributed by atoms with Gasteiger partial charge in [0.25, 0.3) is 0 Å². The van der Waals surface area contributed by atoms with Crippen LogP contribution in [0.2, 0.25) is 0 Å². The van der Waals surface area contributed by atoms with Crippen molar-refractivity contribution in [3.8, 4) is 0 Å². The van der Waals surface area contributed by atoms with Gasteiger partial charge in [-0.25, -0.2) is 14.8 Å². The summed E-state index contributed by atoms with van der Waals surface area (Å²) in [5.74, 6) is -1.22. The van der Waals surface area contributed by atoms with Crippen LogP contribution in [0.4, 0.5) is 5.82 Å². The topological polar surface area (TPSA) is 109 Å². The van der Waals surface area contributed by atoms with E-state index in [1.54, 1.807) is 14.1 Å². The molecule has 0 fully saturated rings. The number of carbonyl (C=O) groups is 2. The molecule has 0 saturated heterocycles. The fourth-order valence-electron chi connectivity index (χ4n) is 0.534. The lowest BCUT2D eigenvalue weighted by molar-refractivity contribution is -0.115. The Morgan fingerprint density at radius 1 is 1.62 bits per heavy atom. The lowest BCUT2D eigenvalue weighted by atomic mass is 10.4. The molecule has 1 rings (SSSR count). The van der Waals surface area contributed by atoms with Crippen LogP contribution in [-0.2, 0) is 4.79 Å². The van der Waals surface area contributed by atoms with Crippen molar-refractivity contribution in [1.82, 2.24) is 14.9 Å². The summed E-state index contributed by atoms with van der Waals surface area (Å²) < 4.78 is 0.509. The van der Waals surface area contributed by atoms with Crippen LogP contribution < -0.4 is 5.73 Å². The fraction of sp³-hybridized carbons (Fsp3) is 0.250. The molecule has 0 bridgehead atoms. The Labute approximate surface area is 106 Å². The van der Waals surface area contributed by atoms with Crippen molar-refractivity contribution >= 4 is 40.8 Å². The third-order valence-corrected chi connectivity index (χ3v) is 1.70. The minimum absolute atomic E-state index is 0.0575. The van der Waals surface area contributed by atoms with Crippen LogP contribution in [-0.4, -0.2) is 46.4 Å². The monoisotopic (exact) mass is 338 g/mol. The number of amides is 1. The largest absolute Gasteiger partial charge is 0.476 e. The molecule has 1 heterocycles. The van der Waals surface area contributed by atoms with E-state index < -0.39 is 5.97 Å². The van der Waals surface area contributed by atoms with E-state index in [4.69, 9.17) is 10.8 Å². The van der Waals surface area contributed by atoms with Crippen molar-refractivity contribution in [1.29, 1.82) is 0 Å². The molecule has 1 amide bonds. The van der Waals surface area contributed by atoms with E-state index in [0.717, 1.165) is 6.41 Å². The summed E-state index contributed by atoms with van der Waals surface area (Å²) in [6.45, 7) is 0. The number of rotatable bonds is 2. The number of carbonyl (C=O) groups excluding carboxylic acids is 1. The molecule has 0 radical (unpaired) electrons. The van der Waals surface area contributed by atoms with Gasteiger partial charge in [-0.05, 0) is 22.6 Å². The van der Waals surface area contributed by atoms with Crippen molar-refractivity contribution in [3.05, 3.63) is 15.6 Å². The summed E-state index contributed by atoms with van der Waals surface area (Å²) in [4.78, 5) is 28.6. The van der Waals surface area contributed by atoms with E-state index >= 15 is 0 Å². The summed E-state index contributed by atoms with van der Waals surface area (Å²) in [6, 6.07) is 0. The Balaban J connectivity index is 0.000000385. The Bertz CT molecular complexity index is 384. The maximum absolute atomic E-state index is 10.4. The highest BCUT2D eigenvalue weighted by atomic mass is 127. The first kappa shape index (κ1) is 14.6. The second kappa shape index (κ2) is 6.93. The molecule has 3 N–H and O–H groups in total. The highest BCUT2D eigenvalue weighted by molar-refractivity contribution is 14.1. The fourth-order valence-corrected chi connectivity index (χ4v) is 0.915. The molecule has 0 spiro atoms. The van der Waals surface area contributed by atoms with Gasteiger partial charge in [-0.3, -0.25) is 4.79 Å². The number of nitrogens with zero attached hydrogens (tertiary/aromatic N) is 3. The van der Waals surface area contributed by atoms with Gasteiger partial charge >= 0.3 is 5.97 Å². The molecular formula is C8H11IN4O3. The molecule has 8 heteroatoms. The maximum Gasteiger partial charge on any atom is 0.358 e. The molecule has 7 nitrogen and oxygen atoms in total. The number of carboxylic acids is 1. The number of aromatic carboxylic acids is 1. The number of aromatic nitrogens is 2. The first-order chi connectivity index (χ1) is 7.38. The second-order valence-electron chi connectivity index (χ2n) is 2.80. The Morgan fingerprint density at radius 3 is 2.44 bits per heavy atom. The minimum Gasteiger partial charge on any atom is -0.476 e. The molecule has 0 saturated carbocycles. The first-order valence-corrected chi connectivity index (χ1v) is 5.09. The number of halogens is 1. The van der Waals surface area contributed by atoms with Gasteiger partial charge in [0.1, 0.15) is 3.70 Å². The smallest absolute Gasteiger partial charge is 0.358 e. The van der Waals surface area contributed by atoms with Crippen LogP contribution >= 0.6 is 22.6 Å². The van der Waals surface area contributed by atoms with Gasteiger partial charge < -0.3 is 15.7 Å². The van der Waals surface area contributed by atoms with Gasteiger partial charge in [0.15, 0.2) is 11.5 Å². The average molecular weight is 338 g/mol. The number of carboxylic acid groups (broad SMARTS) is 1. The predicted molar refractivity (Wildman–Crippen MR) is 65.9 cm³/mol. The van der Waals surface area contributed by atoms with E-state index in [1.807, 2.05) is 22.6 Å². The number of nitrogens with two attached hydrogens (primary N) is 1. The van der Waals surface area contributed by atoms with Gasteiger partial charge in [0, 0.05) is 14.1 Å². The zero-order chi connectivity index (χ0) is 12.7. The van der Waals surface area contributed by atoms with Gasteiger partial charge in [-0.15, -0.1) is 0 Å². The number of hydrogen-bond donors (Lipinski definition) is 2. The SMILES string of the molecule is CN(C)C=O.Nc1ncc(I)nc1C(=O)O. The third-order valence-electron chi connectivity index (χ3n) is 1.18. The van der Waals surface area contributed by atoms with Crippen molar-refractivity contribution in [2.75, 3.05) is 19.8 Å². The molecule has 0 atom stereocenters. The predicted octanol–water partition coefficient (Wildman–Crippen LogP) is 0.0660. The maximum atomic E-state index is 10.4. The van der Waals surface area contributed by atoms with Crippen LogP contribution in [0.5, 0.6) is 0 Å². The van der Waals surface area contributed by atoms with Crippen LogP contribution in [0.1, 0.15) is 10.5 Å². The minimum atomic E-state index is -1.16. The highest BCUT2D eigenvalue weighted by Gasteiger charge is 2.10. The lowest BCUT2D eigenvalue weighted by Gasteiger charge is -1.97.